The van der Waals surface area contributed by atoms with Gasteiger partial charge in [0.15, 0.2) is 0 Å². The minimum Gasteiger partial charge on any atom is -0.382 e. The van der Waals surface area contributed by atoms with E-state index in [0.717, 1.165) is 0 Å². The van der Waals surface area contributed by atoms with Gasteiger partial charge in [-0.25, -0.2) is 0 Å². The number of amides is 1. The van der Waals surface area contributed by atoms with Crippen molar-refractivity contribution in [3.8, 4) is 0 Å². The maximum absolute atomic E-state index is 11.1. The molecule has 1 atom stereocenters. The summed E-state index contributed by atoms with van der Waals surface area (Å²) in [5.74, 6) is -1.23. The molecule has 90 valence electrons. The van der Waals surface area contributed by atoms with Gasteiger partial charge >= 0.3 is 0 Å². The number of aliphatic hydroxyl groups excluding tert-OH is 1. The third-order valence-electron chi connectivity index (χ3n) is 1.55. The first-order valence-electron chi connectivity index (χ1n) is 4.48. The van der Waals surface area contributed by atoms with Crippen LogP contribution >= 0.6 is 0 Å². The average molecular weight is 240 g/mol. The summed E-state index contributed by atoms with van der Waals surface area (Å²) in [7, 11) is -4.07. The van der Waals surface area contributed by atoms with E-state index in [1.807, 2.05) is 6.92 Å². The van der Waals surface area contributed by atoms with Gasteiger partial charge in [-0.15, -0.1) is 0 Å². The zero-order valence-electron chi connectivity index (χ0n) is 8.43. The highest BCUT2D eigenvalue weighted by Gasteiger charge is 2.14. The monoisotopic (exact) mass is 240 g/mol. The van der Waals surface area contributed by atoms with Gasteiger partial charge in [0.1, 0.15) is 6.10 Å². The molecule has 7 nitrogen and oxygen atoms in total. The molecule has 0 saturated heterocycles. The lowest BCUT2D eigenvalue weighted by atomic mass is 10.3. The molecule has 0 rings (SSSR count). The van der Waals surface area contributed by atoms with Crippen LogP contribution in [-0.4, -0.2) is 55.5 Å². The first-order chi connectivity index (χ1) is 6.87. The molecule has 0 aromatic heterocycles. The molecule has 4 N–H and O–H groups in total. The summed E-state index contributed by atoms with van der Waals surface area (Å²) in [6, 6.07) is 0. The molecule has 0 spiro atoms. The second kappa shape index (κ2) is 6.72. The number of carbonyl (C=O) groups excluding carboxylic acids is 1. The van der Waals surface area contributed by atoms with Crippen LogP contribution in [0, 0.1) is 0 Å². The Bertz CT molecular complexity index is 290. The Hall–Kier alpha value is -0.700. The van der Waals surface area contributed by atoms with Gasteiger partial charge in [-0.05, 0) is 6.54 Å². The van der Waals surface area contributed by atoms with Gasteiger partial charge in [0, 0.05) is 13.1 Å². The lowest BCUT2D eigenvalue weighted by molar-refractivity contribution is -0.128. The molecular formula is C7H16N2O5S. The van der Waals surface area contributed by atoms with E-state index in [1.165, 1.54) is 0 Å². The first kappa shape index (κ1) is 14.3. The van der Waals surface area contributed by atoms with Crippen LogP contribution in [-0.2, 0) is 14.9 Å². The van der Waals surface area contributed by atoms with E-state index < -0.39 is 27.9 Å². The molecule has 0 radical (unpaired) electrons. The summed E-state index contributed by atoms with van der Waals surface area (Å²) in [5, 5.41) is 14.1. The summed E-state index contributed by atoms with van der Waals surface area (Å²) in [5.41, 5.74) is 0. The summed E-state index contributed by atoms with van der Waals surface area (Å²) in [4.78, 5) is 11.1. The molecule has 8 heteroatoms. The maximum atomic E-state index is 11.1. The number of carbonyl (C=O) groups is 1. The quantitative estimate of drug-likeness (QED) is 0.381. The fraction of sp³-hybridized carbons (Fsp3) is 0.857. The van der Waals surface area contributed by atoms with Gasteiger partial charge in [0.25, 0.3) is 10.1 Å². The lowest BCUT2D eigenvalue weighted by Crippen LogP contribution is -2.42. The van der Waals surface area contributed by atoms with Crippen LogP contribution in [0.3, 0.4) is 0 Å². The minimum absolute atomic E-state index is 0.105. The van der Waals surface area contributed by atoms with Crippen molar-refractivity contribution >= 4 is 16.0 Å². The lowest BCUT2D eigenvalue weighted by Gasteiger charge is -2.10. The highest BCUT2D eigenvalue weighted by atomic mass is 32.2. The summed E-state index contributed by atoms with van der Waals surface area (Å²) in [6.07, 6.45) is -1.22. The summed E-state index contributed by atoms with van der Waals surface area (Å²) >= 11 is 0. The molecule has 0 aromatic rings. The second-order valence-corrected chi connectivity index (χ2v) is 4.47. The van der Waals surface area contributed by atoms with Crippen molar-refractivity contribution in [1.29, 1.82) is 0 Å². The number of hydrogen-bond acceptors (Lipinski definition) is 5. The molecule has 0 aliphatic heterocycles. The third-order valence-corrected chi connectivity index (χ3v) is 2.27. The van der Waals surface area contributed by atoms with E-state index in [4.69, 9.17) is 4.55 Å². The van der Waals surface area contributed by atoms with E-state index in [9.17, 15) is 18.3 Å². The van der Waals surface area contributed by atoms with Gasteiger partial charge in [-0.1, -0.05) is 6.92 Å². The van der Waals surface area contributed by atoms with Crippen molar-refractivity contribution < 1.29 is 22.9 Å². The summed E-state index contributed by atoms with van der Waals surface area (Å²) < 4.78 is 28.9. The largest absolute Gasteiger partial charge is 0.382 e. The van der Waals surface area contributed by atoms with Crippen molar-refractivity contribution in [1.82, 2.24) is 10.6 Å². The Morgan fingerprint density at radius 3 is 2.53 bits per heavy atom. The van der Waals surface area contributed by atoms with Crippen molar-refractivity contribution in [2.45, 2.75) is 13.0 Å². The van der Waals surface area contributed by atoms with Crippen molar-refractivity contribution in [2.24, 2.45) is 0 Å². The van der Waals surface area contributed by atoms with Crippen LogP contribution in [0.15, 0.2) is 0 Å². The standard InChI is InChI=1S/C7H16N2O5S/c1-2-8-5-6(10)7(11)9-3-4-15(12,13)14/h6,8,10H,2-5H2,1H3,(H,9,11)(H,12,13,14). The Morgan fingerprint density at radius 1 is 1.47 bits per heavy atom. The fourth-order valence-electron chi connectivity index (χ4n) is 0.795. The smallest absolute Gasteiger partial charge is 0.266 e. The van der Waals surface area contributed by atoms with Crippen molar-refractivity contribution in [3.05, 3.63) is 0 Å². The van der Waals surface area contributed by atoms with Crippen LogP contribution in [0.1, 0.15) is 6.92 Å². The van der Waals surface area contributed by atoms with Gasteiger partial charge in [-0.3, -0.25) is 9.35 Å². The highest BCUT2D eigenvalue weighted by molar-refractivity contribution is 7.85. The molecule has 1 amide bonds. The maximum Gasteiger partial charge on any atom is 0.266 e. The van der Waals surface area contributed by atoms with Crippen LogP contribution in [0.25, 0.3) is 0 Å². The van der Waals surface area contributed by atoms with Gasteiger partial charge in [-0.2, -0.15) is 8.42 Å². The minimum atomic E-state index is -4.07. The van der Waals surface area contributed by atoms with E-state index in [1.54, 1.807) is 0 Å². The normalized spacial score (nSPS) is 13.5. The van der Waals surface area contributed by atoms with Crippen LogP contribution in [0.2, 0.25) is 0 Å². The van der Waals surface area contributed by atoms with E-state index >= 15 is 0 Å². The number of aliphatic hydroxyl groups is 1. The van der Waals surface area contributed by atoms with E-state index in [0.29, 0.717) is 6.54 Å². The van der Waals surface area contributed by atoms with Gasteiger partial charge < -0.3 is 15.7 Å². The first-order valence-corrected chi connectivity index (χ1v) is 6.09. The molecule has 0 aromatic carbocycles. The predicted octanol–water partition coefficient (Wildman–Crippen LogP) is -2.04. The Morgan fingerprint density at radius 2 is 2.07 bits per heavy atom. The third kappa shape index (κ3) is 8.30. The Kier molecular flexibility index (Phi) is 6.41. The second-order valence-electron chi connectivity index (χ2n) is 2.90. The zero-order valence-corrected chi connectivity index (χ0v) is 9.25. The molecule has 0 fully saturated rings. The van der Waals surface area contributed by atoms with Crippen LogP contribution in [0.5, 0.6) is 0 Å². The number of hydrogen-bond donors (Lipinski definition) is 4. The highest BCUT2D eigenvalue weighted by Crippen LogP contribution is 1.83. The average Bonchev–Trinajstić information content (AvgIpc) is 2.11. The van der Waals surface area contributed by atoms with E-state index in [-0.39, 0.29) is 13.1 Å². The summed E-state index contributed by atoms with van der Waals surface area (Å²) in [6.45, 7) is 2.33. The van der Waals surface area contributed by atoms with Gasteiger partial charge in [0.05, 0.1) is 5.75 Å². The molecule has 0 aliphatic carbocycles. The zero-order chi connectivity index (χ0) is 11.9. The van der Waals surface area contributed by atoms with E-state index in [2.05, 4.69) is 10.6 Å². The molecule has 0 heterocycles. The molecule has 15 heavy (non-hydrogen) atoms. The van der Waals surface area contributed by atoms with Gasteiger partial charge in [0.2, 0.25) is 5.91 Å². The SMILES string of the molecule is CCNCC(O)C(=O)NCCS(=O)(=O)O. The molecule has 1 unspecified atom stereocenters. The van der Waals surface area contributed by atoms with Crippen LogP contribution < -0.4 is 10.6 Å². The van der Waals surface area contributed by atoms with Crippen LogP contribution in [0.4, 0.5) is 0 Å². The Labute approximate surface area is 88.6 Å². The van der Waals surface area contributed by atoms with Crippen molar-refractivity contribution in [2.75, 3.05) is 25.4 Å². The Balaban J connectivity index is 3.74. The molecule has 0 aliphatic rings. The number of likely N-dealkylation sites (N-methyl/N-ethyl adjacent to an activating group) is 1. The molecular weight excluding hydrogens is 224 g/mol. The number of nitrogens with one attached hydrogen (secondary N) is 2. The molecule has 0 saturated carbocycles. The topological polar surface area (TPSA) is 116 Å². The van der Waals surface area contributed by atoms with Crippen molar-refractivity contribution in [3.63, 3.8) is 0 Å². The fourth-order valence-corrected chi connectivity index (χ4v) is 1.15. The number of rotatable bonds is 7. The molecule has 0 bridgehead atoms. The predicted molar refractivity (Wildman–Crippen MR) is 54.0 cm³/mol.